The van der Waals surface area contributed by atoms with E-state index < -0.39 is 10.1 Å². The van der Waals surface area contributed by atoms with Crippen molar-refractivity contribution in [3.63, 3.8) is 0 Å². The maximum atomic E-state index is 5.88. The van der Waals surface area contributed by atoms with Gasteiger partial charge in [-0.2, -0.15) is 0 Å². The Bertz CT molecular complexity index is 124. The van der Waals surface area contributed by atoms with Gasteiger partial charge in [-0.1, -0.05) is 36.5 Å². The molecule has 3 heteroatoms. The number of hydrogen-bond acceptors (Lipinski definition) is 1. The summed E-state index contributed by atoms with van der Waals surface area (Å²) < 4.78 is 5.06. The molecule has 0 aromatic rings. The maximum absolute atomic E-state index is 5.88. The number of hydrogen-bond donors (Lipinski definition) is 0. The molecule has 0 aliphatic carbocycles. The van der Waals surface area contributed by atoms with E-state index in [2.05, 4.69) is 6.92 Å². The van der Waals surface area contributed by atoms with Crippen LogP contribution in [0.1, 0.15) is 26.7 Å². The molecule has 1 rings (SSSR count). The molecule has 2 atom stereocenters. The molecule has 1 nitrogen and oxygen atoms in total. The van der Waals surface area contributed by atoms with Gasteiger partial charge in [-0.25, -0.2) is 0 Å². The zero-order valence-electron chi connectivity index (χ0n) is 5.58. The van der Waals surface area contributed by atoms with Crippen molar-refractivity contribution in [2.45, 2.75) is 36.8 Å². The summed E-state index contributed by atoms with van der Waals surface area (Å²) in [4.78, 5) is 0. The highest BCUT2D eigenvalue weighted by Gasteiger charge is 2.64. The Balaban J connectivity index is 2.42. The van der Waals surface area contributed by atoms with Gasteiger partial charge in [-0.05, 0) is 13.3 Å². The van der Waals surface area contributed by atoms with Gasteiger partial charge in [0.1, 0.15) is 0 Å². The minimum Gasteiger partial charge on any atom is -0.330 e. The number of epoxide rings is 1. The molecule has 54 valence electrons. The molecule has 1 heterocycles. The van der Waals surface area contributed by atoms with E-state index in [0.29, 0.717) is 0 Å². The molecule has 9 heavy (non-hydrogen) atoms. The van der Waals surface area contributed by atoms with E-state index in [9.17, 15) is 0 Å². The molecule has 0 radical (unpaired) electrons. The molecule has 0 N–H and O–H groups in total. The van der Waals surface area contributed by atoms with Crippen molar-refractivity contribution in [1.82, 2.24) is 0 Å². The van der Waals surface area contributed by atoms with Crippen LogP contribution in [0.25, 0.3) is 0 Å². The van der Waals surface area contributed by atoms with E-state index in [-0.39, 0.29) is 0 Å². The average molecular weight is 169 g/mol. The predicted molar refractivity (Wildman–Crippen MR) is 38.8 cm³/mol. The van der Waals surface area contributed by atoms with Crippen LogP contribution in [0.15, 0.2) is 0 Å². The van der Waals surface area contributed by atoms with Crippen molar-refractivity contribution >= 4 is 23.2 Å². The fraction of sp³-hybridized carbons (Fsp3) is 1.00. The van der Waals surface area contributed by atoms with Crippen molar-refractivity contribution in [2.24, 2.45) is 0 Å². The number of ether oxygens (including phenoxy) is 1. The Morgan fingerprint density at radius 3 is 2.00 bits per heavy atom. The Morgan fingerprint density at radius 2 is 1.89 bits per heavy atom. The lowest BCUT2D eigenvalue weighted by atomic mass is 10.2. The normalized spacial score (nSPS) is 49.3. The summed E-state index contributed by atoms with van der Waals surface area (Å²) in [7, 11) is 0. The second-order valence-electron chi connectivity index (χ2n) is 2.50. The molecule has 0 bridgehead atoms. The van der Waals surface area contributed by atoms with Crippen LogP contribution in [-0.4, -0.2) is 10.1 Å². The molecular weight excluding hydrogens is 159 g/mol. The van der Waals surface area contributed by atoms with Gasteiger partial charge in [0, 0.05) is 0 Å². The Morgan fingerprint density at radius 1 is 1.44 bits per heavy atom. The standard InChI is InChI=1S/C6H10Cl2O/c1-3-4-6(8)5(2,7)9-6/h3-4H2,1-2H3/t5-,6-/m0/s1. The van der Waals surface area contributed by atoms with E-state index in [1.807, 2.05) is 0 Å². The summed E-state index contributed by atoms with van der Waals surface area (Å²) in [5.74, 6) is 0. The first-order chi connectivity index (χ1) is 4.02. The fourth-order valence-corrected chi connectivity index (χ4v) is 1.48. The lowest BCUT2D eigenvalue weighted by molar-refractivity contribution is 0.334. The number of rotatable bonds is 2. The zero-order valence-corrected chi connectivity index (χ0v) is 7.09. The van der Waals surface area contributed by atoms with Gasteiger partial charge in [0.25, 0.3) is 0 Å². The maximum Gasteiger partial charge on any atom is 0.186 e. The lowest BCUT2D eigenvalue weighted by Crippen LogP contribution is -2.09. The quantitative estimate of drug-likeness (QED) is 0.457. The fourth-order valence-electron chi connectivity index (χ4n) is 0.874. The molecule has 0 aromatic carbocycles. The van der Waals surface area contributed by atoms with Crippen LogP contribution in [0.3, 0.4) is 0 Å². The van der Waals surface area contributed by atoms with Gasteiger partial charge < -0.3 is 4.74 Å². The average Bonchev–Trinajstić information content (AvgIpc) is 2.07. The van der Waals surface area contributed by atoms with Crippen LogP contribution < -0.4 is 0 Å². The second-order valence-corrected chi connectivity index (χ2v) is 3.83. The second kappa shape index (κ2) is 2.01. The molecular formula is C6H10Cl2O. The summed E-state index contributed by atoms with van der Waals surface area (Å²) in [6.07, 6.45) is 1.83. The number of halogens is 2. The zero-order chi connectivity index (χ0) is 7.12. The number of alkyl halides is 2. The van der Waals surface area contributed by atoms with Crippen LogP contribution in [0.5, 0.6) is 0 Å². The summed E-state index contributed by atoms with van der Waals surface area (Å²) in [6, 6.07) is 0. The first-order valence-corrected chi connectivity index (χ1v) is 3.85. The smallest absolute Gasteiger partial charge is 0.186 e. The Kier molecular flexibility index (Phi) is 1.71. The Labute approximate surface area is 65.3 Å². The topological polar surface area (TPSA) is 12.5 Å². The van der Waals surface area contributed by atoms with Gasteiger partial charge in [-0.3, -0.25) is 0 Å². The summed E-state index contributed by atoms with van der Waals surface area (Å²) in [5, 5.41) is -1.17. The van der Waals surface area contributed by atoms with E-state index in [4.69, 9.17) is 27.9 Å². The van der Waals surface area contributed by atoms with E-state index in [1.165, 1.54) is 0 Å². The van der Waals surface area contributed by atoms with Crippen LogP contribution in [0, 0.1) is 0 Å². The predicted octanol–water partition coefficient (Wildman–Crippen LogP) is 2.71. The Hall–Kier alpha value is 0.540. The van der Waals surface area contributed by atoms with Crippen LogP contribution >= 0.6 is 23.2 Å². The first kappa shape index (κ1) is 7.64. The van der Waals surface area contributed by atoms with Crippen molar-refractivity contribution in [3.05, 3.63) is 0 Å². The summed E-state index contributed by atoms with van der Waals surface area (Å²) >= 11 is 11.7. The minimum atomic E-state index is -0.607. The van der Waals surface area contributed by atoms with Crippen molar-refractivity contribution in [2.75, 3.05) is 0 Å². The van der Waals surface area contributed by atoms with Crippen molar-refractivity contribution in [1.29, 1.82) is 0 Å². The summed E-state index contributed by atoms with van der Waals surface area (Å²) in [5.41, 5.74) is 0. The van der Waals surface area contributed by atoms with Gasteiger partial charge >= 0.3 is 0 Å². The molecule has 1 aliphatic heterocycles. The van der Waals surface area contributed by atoms with E-state index >= 15 is 0 Å². The largest absolute Gasteiger partial charge is 0.330 e. The minimum absolute atomic E-state index is 0.566. The highest BCUT2D eigenvalue weighted by atomic mass is 35.5. The molecule has 1 fully saturated rings. The third kappa shape index (κ3) is 1.19. The molecule has 1 saturated heterocycles. The highest BCUT2D eigenvalue weighted by molar-refractivity contribution is 6.36. The lowest BCUT2D eigenvalue weighted by Gasteiger charge is -2.00. The van der Waals surface area contributed by atoms with E-state index in [1.54, 1.807) is 6.92 Å². The molecule has 0 unspecified atom stereocenters. The highest BCUT2D eigenvalue weighted by Crippen LogP contribution is 2.56. The van der Waals surface area contributed by atoms with Gasteiger partial charge in [0.05, 0.1) is 0 Å². The first-order valence-electron chi connectivity index (χ1n) is 3.10. The van der Waals surface area contributed by atoms with Gasteiger partial charge in [0.15, 0.2) is 10.1 Å². The molecule has 1 aliphatic rings. The van der Waals surface area contributed by atoms with Crippen molar-refractivity contribution < 1.29 is 4.74 Å². The third-order valence-corrected chi connectivity index (χ3v) is 2.66. The van der Waals surface area contributed by atoms with Crippen LogP contribution in [-0.2, 0) is 4.74 Å². The SMILES string of the molecule is CCC[C@]1(Cl)O[C@]1(C)Cl. The molecule has 0 saturated carbocycles. The van der Waals surface area contributed by atoms with E-state index in [0.717, 1.165) is 12.8 Å². The summed E-state index contributed by atoms with van der Waals surface area (Å²) in [6.45, 7) is 3.84. The molecule has 0 aromatic heterocycles. The van der Waals surface area contributed by atoms with Gasteiger partial charge in [0.2, 0.25) is 0 Å². The molecule has 0 amide bonds. The van der Waals surface area contributed by atoms with Crippen LogP contribution in [0.2, 0.25) is 0 Å². The molecule has 0 spiro atoms. The third-order valence-electron chi connectivity index (χ3n) is 1.55. The van der Waals surface area contributed by atoms with Crippen molar-refractivity contribution in [3.8, 4) is 0 Å². The monoisotopic (exact) mass is 168 g/mol. The van der Waals surface area contributed by atoms with Gasteiger partial charge in [-0.15, -0.1) is 0 Å². The van der Waals surface area contributed by atoms with Crippen LogP contribution in [0.4, 0.5) is 0 Å².